The van der Waals surface area contributed by atoms with Gasteiger partial charge >= 0.3 is 0 Å². The lowest BCUT2D eigenvalue weighted by Crippen LogP contribution is -2.06. The van der Waals surface area contributed by atoms with E-state index < -0.39 is 5.24 Å². The number of benzene rings is 2. The zero-order valence-corrected chi connectivity index (χ0v) is 11.5. The summed E-state index contributed by atoms with van der Waals surface area (Å²) in [5, 5.41) is -0.494. The van der Waals surface area contributed by atoms with Gasteiger partial charge in [0.1, 0.15) is 5.75 Å². The summed E-state index contributed by atoms with van der Waals surface area (Å²) >= 11 is 5.31. The van der Waals surface area contributed by atoms with Crippen molar-refractivity contribution in [3.05, 3.63) is 65.2 Å². The van der Waals surface area contributed by atoms with Gasteiger partial charge in [-0.1, -0.05) is 48.0 Å². The van der Waals surface area contributed by atoms with Gasteiger partial charge in [0.2, 0.25) is 0 Å². The summed E-state index contributed by atoms with van der Waals surface area (Å²) in [5.41, 5.74) is 3.43. The fraction of sp³-hybridized carbons (Fsp3) is 0.188. The van der Waals surface area contributed by atoms with E-state index in [0.717, 1.165) is 17.5 Å². The highest BCUT2D eigenvalue weighted by Gasteiger charge is 2.07. The second-order valence-corrected chi connectivity index (χ2v) is 4.84. The molecule has 2 nitrogen and oxygen atoms in total. The second kappa shape index (κ2) is 6.39. The standard InChI is InChI=1S/C16H15ClO2/c1-12-7-8-15(19-11-16(17)18)14(9-12)10-13-5-3-2-4-6-13/h2-9H,10-11H2,1H3. The van der Waals surface area contributed by atoms with Gasteiger partial charge in [-0.3, -0.25) is 4.79 Å². The van der Waals surface area contributed by atoms with Gasteiger partial charge in [-0.15, -0.1) is 0 Å². The fourth-order valence-electron chi connectivity index (χ4n) is 1.94. The van der Waals surface area contributed by atoms with Crippen molar-refractivity contribution < 1.29 is 9.53 Å². The van der Waals surface area contributed by atoms with Crippen LogP contribution in [0.4, 0.5) is 0 Å². The Morgan fingerprint density at radius 3 is 2.58 bits per heavy atom. The fourth-order valence-corrected chi connectivity index (χ4v) is 1.99. The van der Waals surface area contributed by atoms with Crippen molar-refractivity contribution in [2.45, 2.75) is 13.3 Å². The van der Waals surface area contributed by atoms with E-state index in [4.69, 9.17) is 16.3 Å². The molecular formula is C16H15ClO2. The van der Waals surface area contributed by atoms with Crippen LogP contribution in [0.1, 0.15) is 16.7 Å². The molecule has 3 heteroatoms. The third-order valence-corrected chi connectivity index (χ3v) is 2.90. The first-order chi connectivity index (χ1) is 9.15. The van der Waals surface area contributed by atoms with Crippen molar-refractivity contribution in [1.82, 2.24) is 0 Å². The quantitative estimate of drug-likeness (QED) is 0.777. The number of carbonyl (C=O) groups excluding carboxylic acids is 1. The normalized spacial score (nSPS) is 10.2. The molecule has 0 spiro atoms. The van der Waals surface area contributed by atoms with Crippen LogP contribution < -0.4 is 4.74 Å². The van der Waals surface area contributed by atoms with Crippen LogP contribution in [-0.4, -0.2) is 11.8 Å². The molecule has 19 heavy (non-hydrogen) atoms. The van der Waals surface area contributed by atoms with Crippen molar-refractivity contribution in [1.29, 1.82) is 0 Å². The largest absolute Gasteiger partial charge is 0.484 e. The molecule has 0 unspecified atom stereocenters. The summed E-state index contributed by atoms with van der Waals surface area (Å²) < 4.78 is 5.44. The van der Waals surface area contributed by atoms with Gasteiger partial charge in [-0.2, -0.15) is 0 Å². The van der Waals surface area contributed by atoms with Crippen LogP contribution in [0, 0.1) is 6.92 Å². The molecule has 2 rings (SSSR count). The third-order valence-electron chi connectivity index (χ3n) is 2.79. The van der Waals surface area contributed by atoms with Gasteiger partial charge < -0.3 is 4.74 Å². The smallest absolute Gasteiger partial charge is 0.259 e. The highest BCUT2D eigenvalue weighted by molar-refractivity contribution is 6.63. The molecule has 2 aromatic rings. The average molecular weight is 275 g/mol. The minimum atomic E-state index is -0.494. The molecule has 0 atom stereocenters. The molecule has 2 aromatic carbocycles. The van der Waals surface area contributed by atoms with Crippen LogP contribution >= 0.6 is 11.6 Å². The van der Waals surface area contributed by atoms with Crippen LogP contribution in [0.5, 0.6) is 5.75 Å². The Labute approximate surface area is 118 Å². The number of hydrogen-bond donors (Lipinski definition) is 0. The third kappa shape index (κ3) is 4.11. The maximum atomic E-state index is 10.8. The van der Waals surface area contributed by atoms with E-state index in [-0.39, 0.29) is 6.61 Å². The van der Waals surface area contributed by atoms with Crippen molar-refractivity contribution in [2.75, 3.05) is 6.61 Å². The number of ether oxygens (including phenoxy) is 1. The number of halogens is 1. The van der Waals surface area contributed by atoms with Crippen LogP contribution in [0.15, 0.2) is 48.5 Å². The average Bonchev–Trinajstić information content (AvgIpc) is 2.39. The van der Waals surface area contributed by atoms with Crippen molar-refractivity contribution in [2.24, 2.45) is 0 Å². The minimum Gasteiger partial charge on any atom is -0.484 e. The SMILES string of the molecule is Cc1ccc(OCC(=O)Cl)c(Cc2ccccc2)c1. The summed E-state index contributed by atoms with van der Waals surface area (Å²) in [4.78, 5) is 10.8. The van der Waals surface area contributed by atoms with E-state index in [9.17, 15) is 4.79 Å². The number of carbonyl (C=O) groups is 1. The Bertz CT molecular complexity index is 564. The van der Waals surface area contributed by atoms with E-state index in [1.54, 1.807) is 0 Å². The Balaban J connectivity index is 2.22. The molecule has 0 N–H and O–H groups in total. The summed E-state index contributed by atoms with van der Waals surface area (Å²) in [6.07, 6.45) is 0.772. The molecule has 0 amide bonds. The number of aryl methyl sites for hydroxylation is 1. The van der Waals surface area contributed by atoms with E-state index in [2.05, 4.69) is 18.2 Å². The maximum Gasteiger partial charge on any atom is 0.259 e. The molecule has 0 saturated carbocycles. The molecule has 0 bridgehead atoms. The summed E-state index contributed by atoms with van der Waals surface area (Å²) in [6, 6.07) is 16.1. The van der Waals surface area contributed by atoms with E-state index in [0.29, 0.717) is 5.75 Å². The molecule has 0 radical (unpaired) electrons. The summed E-state index contributed by atoms with van der Waals surface area (Å²) in [6.45, 7) is 1.93. The van der Waals surface area contributed by atoms with Crippen LogP contribution in [-0.2, 0) is 11.2 Å². The van der Waals surface area contributed by atoms with E-state index in [1.807, 2.05) is 37.3 Å². The molecule has 0 aliphatic carbocycles. The van der Waals surface area contributed by atoms with Gasteiger partial charge in [0.05, 0.1) is 0 Å². The first-order valence-electron chi connectivity index (χ1n) is 6.10. The zero-order chi connectivity index (χ0) is 13.7. The molecule has 0 saturated heterocycles. The molecule has 98 valence electrons. The van der Waals surface area contributed by atoms with Gasteiger partial charge in [-0.25, -0.2) is 0 Å². The van der Waals surface area contributed by atoms with Crippen molar-refractivity contribution in [3.8, 4) is 5.75 Å². The molecule has 0 aliphatic heterocycles. The predicted octanol–water partition coefficient (Wildman–Crippen LogP) is 3.73. The van der Waals surface area contributed by atoms with Gasteiger partial charge in [-0.05, 0) is 35.7 Å². The lowest BCUT2D eigenvalue weighted by atomic mass is 10.0. The predicted molar refractivity (Wildman–Crippen MR) is 76.8 cm³/mol. The molecule has 0 aliphatic rings. The summed E-state index contributed by atoms with van der Waals surface area (Å²) in [5.74, 6) is 0.712. The number of rotatable bonds is 5. The second-order valence-electron chi connectivity index (χ2n) is 4.42. The van der Waals surface area contributed by atoms with Crippen LogP contribution in [0.25, 0.3) is 0 Å². The highest BCUT2D eigenvalue weighted by atomic mass is 35.5. The zero-order valence-electron chi connectivity index (χ0n) is 10.7. The van der Waals surface area contributed by atoms with Gasteiger partial charge in [0.25, 0.3) is 5.24 Å². The van der Waals surface area contributed by atoms with Gasteiger partial charge in [0, 0.05) is 6.42 Å². The van der Waals surface area contributed by atoms with Gasteiger partial charge in [0.15, 0.2) is 6.61 Å². The maximum absolute atomic E-state index is 10.8. The van der Waals surface area contributed by atoms with Crippen molar-refractivity contribution in [3.63, 3.8) is 0 Å². The Morgan fingerprint density at radius 1 is 1.16 bits per heavy atom. The van der Waals surface area contributed by atoms with Crippen LogP contribution in [0.2, 0.25) is 0 Å². The first kappa shape index (κ1) is 13.6. The van der Waals surface area contributed by atoms with Crippen molar-refractivity contribution >= 4 is 16.8 Å². The lowest BCUT2D eigenvalue weighted by molar-refractivity contribution is -0.113. The van der Waals surface area contributed by atoms with E-state index in [1.165, 1.54) is 5.56 Å². The first-order valence-corrected chi connectivity index (χ1v) is 6.47. The minimum absolute atomic E-state index is 0.105. The summed E-state index contributed by atoms with van der Waals surface area (Å²) in [7, 11) is 0. The highest BCUT2D eigenvalue weighted by Crippen LogP contribution is 2.23. The Morgan fingerprint density at radius 2 is 1.89 bits per heavy atom. The molecule has 0 fully saturated rings. The topological polar surface area (TPSA) is 26.3 Å². The number of hydrogen-bond acceptors (Lipinski definition) is 2. The molecular weight excluding hydrogens is 260 g/mol. The Kier molecular flexibility index (Phi) is 4.58. The monoisotopic (exact) mass is 274 g/mol. The van der Waals surface area contributed by atoms with Crippen LogP contribution in [0.3, 0.4) is 0 Å². The molecule has 0 aromatic heterocycles. The van der Waals surface area contributed by atoms with E-state index >= 15 is 0 Å². The molecule has 0 heterocycles. The Hall–Kier alpha value is -1.80. The lowest BCUT2D eigenvalue weighted by Gasteiger charge is -2.11.